The van der Waals surface area contributed by atoms with E-state index in [1.807, 2.05) is 33.2 Å². The molecule has 1 rings (SSSR count). The summed E-state index contributed by atoms with van der Waals surface area (Å²) in [7, 11) is 0. The molecule has 1 unspecified atom stereocenters. The first-order chi connectivity index (χ1) is 8.72. The van der Waals surface area contributed by atoms with Gasteiger partial charge < -0.3 is 14.8 Å². The lowest BCUT2D eigenvalue weighted by Gasteiger charge is -2.27. The number of ether oxygens (including phenoxy) is 2. The van der Waals surface area contributed by atoms with Crippen LogP contribution in [0.3, 0.4) is 0 Å². The first kappa shape index (κ1) is 15.1. The summed E-state index contributed by atoms with van der Waals surface area (Å²) in [5, 5.41) is 3.41. The molecule has 0 aromatic carbocycles. The van der Waals surface area contributed by atoms with E-state index in [0.29, 0.717) is 13.2 Å². The van der Waals surface area contributed by atoms with E-state index in [0.717, 1.165) is 17.7 Å². The Morgan fingerprint density at radius 3 is 2.33 bits per heavy atom. The van der Waals surface area contributed by atoms with Crippen molar-refractivity contribution in [3.63, 3.8) is 0 Å². The van der Waals surface area contributed by atoms with Gasteiger partial charge in [0.1, 0.15) is 0 Å². The van der Waals surface area contributed by atoms with E-state index in [2.05, 4.69) is 23.3 Å². The third-order valence-corrected chi connectivity index (χ3v) is 2.61. The molecule has 4 heteroatoms. The van der Waals surface area contributed by atoms with Crippen LogP contribution in [0.15, 0.2) is 18.5 Å². The van der Waals surface area contributed by atoms with E-state index in [1.54, 1.807) is 0 Å². The zero-order valence-electron chi connectivity index (χ0n) is 11.8. The fourth-order valence-corrected chi connectivity index (χ4v) is 1.91. The Labute approximate surface area is 110 Å². The fraction of sp³-hybridized carbons (Fsp3) is 0.643. The highest BCUT2D eigenvalue weighted by Crippen LogP contribution is 2.20. The molecule has 0 spiro atoms. The van der Waals surface area contributed by atoms with Crippen molar-refractivity contribution in [3.8, 4) is 0 Å². The highest BCUT2D eigenvalue weighted by Gasteiger charge is 2.23. The van der Waals surface area contributed by atoms with Crippen LogP contribution in [-0.2, 0) is 9.47 Å². The van der Waals surface area contributed by atoms with Gasteiger partial charge in [-0.15, -0.1) is 0 Å². The highest BCUT2D eigenvalue weighted by molar-refractivity contribution is 5.20. The molecular weight excluding hydrogens is 228 g/mol. The van der Waals surface area contributed by atoms with E-state index in [4.69, 9.17) is 9.47 Å². The summed E-state index contributed by atoms with van der Waals surface area (Å²) in [4.78, 5) is 4.24. The summed E-state index contributed by atoms with van der Waals surface area (Å²) in [6.45, 7) is 10.2. The molecule has 102 valence electrons. The quantitative estimate of drug-likeness (QED) is 0.722. The normalized spacial score (nSPS) is 12.9. The third kappa shape index (κ3) is 4.37. The molecule has 0 amide bonds. The van der Waals surface area contributed by atoms with Crippen molar-refractivity contribution in [1.29, 1.82) is 0 Å². The second-order valence-corrected chi connectivity index (χ2v) is 4.11. The van der Waals surface area contributed by atoms with E-state index < -0.39 is 0 Å². The van der Waals surface area contributed by atoms with Crippen LogP contribution in [0.2, 0.25) is 0 Å². The molecule has 1 atom stereocenters. The molecule has 1 aromatic rings. The van der Waals surface area contributed by atoms with Crippen molar-refractivity contribution >= 4 is 0 Å². The first-order valence-electron chi connectivity index (χ1n) is 6.61. The third-order valence-electron chi connectivity index (χ3n) is 2.61. The standard InChI is InChI=1S/C14H24N2O2/c1-5-16-13(14(17-6-2)18-7-3)12-8-11(4)9-15-10-12/h8-10,13-14,16H,5-7H2,1-4H3. The van der Waals surface area contributed by atoms with Gasteiger partial charge in [0.25, 0.3) is 0 Å². The molecular formula is C14H24N2O2. The molecule has 0 aliphatic carbocycles. The molecule has 1 heterocycles. The average Bonchev–Trinajstić information content (AvgIpc) is 2.36. The largest absolute Gasteiger partial charge is 0.351 e. The second-order valence-electron chi connectivity index (χ2n) is 4.11. The maximum atomic E-state index is 5.68. The number of aryl methyl sites for hydroxylation is 1. The molecule has 0 bridgehead atoms. The summed E-state index contributed by atoms with van der Waals surface area (Å²) in [6.07, 6.45) is 3.44. The minimum absolute atomic E-state index is 0.0160. The Morgan fingerprint density at radius 1 is 1.17 bits per heavy atom. The molecule has 0 saturated heterocycles. The number of nitrogens with zero attached hydrogens (tertiary/aromatic N) is 1. The maximum Gasteiger partial charge on any atom is 0.176 e. The van der Waals surface area contributed by atoms with Crippen molar-refractivity contribution in [1.82, 2.24) is 10.3 Å². The van der Waals surface area contributed by atoms with Gasteiger partial charge in [-0.05, 0) is 38.4 Å². The van der Waals surface area contributed by atoms with Crippen molar-refractivity contribution in [2.24, 2.45) is 0 Å². The van der Waals surface area contributed by atoms with Gasteiger partial charge in [-0.2, -0.15) is 0 Å². The van der Waals surface area contributed by atoms with Crippen LogP contribution in [0, 0.1) is 6.92 Å². The van der Waals surface area contributed by atoms with Crippen molar-refractivity contribution < 1.29 is 9.47 Å². The van der Waals surface area contributed by atoms with E-state index in [9.17, 15) is 0 Å². The molecule has 1 aromatic heterocycles. The van der Waals surface area contributed by atoms with Gasteiger partial charge in [-0.1, -0.05) is 13.0 Å². The van der Waals surface area contributed by atoms with Gasteiger partial charge in [-0.3, -0.25) is 4.98 Å². The lowest BCUT2D eigenvalue weighted by molar-refractivity contribution is -0.155. The van der Waals surface area contributed by atoms with E-state index in [1.165, 1.54) is 0 Å². The zero-order chi connectivity index (χ0) is 13.4. The molecule has 1 N–H and O–H groups in total. The smallest absolute Gasteiger partial charge is 0.176 e. The SMILES string of the molecule is CCNC(c1cncc(C)c1)C(OCC)OCC. The summed E-state index contributed by atoms with van der Waals surface area (Å²) in [5.74, 6) is 0. The van der Waals surface area contributed by atoms with Crippen molar-refractivity contribution in [2.75, 3.05) is 19.8 Å². The van der Waals surface area contributed by atoms with Crippen LogP contribution in [0.1, 0.15) is 37.9 Å². The lowest BCUT2D eigenvalue weighted by Crippen LogP contribution is -2.36. The molecule has 0 saturated carbocycles. The maximum absolute atomic E-state index is 5.68. The minimum Gasteiger partial charge on any atom is -0.351 e. The number of likely N-dealkylation sites (N-methyl/N-ethyl adjacent to an activating group) is 1. The lowest BCUT2D eigenvalue weighted by atomic mass is 10.1. The molecule has 18 heavy (non-hydrogen) atoms. The number of rotatable bonds is 8. The first-order valence-corrected chi connectivity index (χ1v) is 6.61. The minimum atomic E-state index is -0.274. The van der Waals surface area contributed by atoms with Gasteiger partial charge in [0.2, 0.25) is 0 Å². The average molecular weight is 252 g/mol. The van der Waals surface area contributed by atoms with Crippen molar-refractivity contribution in [3.05, 3.63) is 29.6 Å². The molecule has 0 fully saturated rings. The summed E-state index contributed by atoms with van der Waals surface area (Å²) in [5.41, 5.74) is 2.24. The highest BCUT2D eigenvalue weighted by atomic mass is 16.7. The number of nitrogens with one attached hydrogen (secondary N) is 1. The zero-order valence-corrected chi connectivity index (χ0v) is 11.8. The molecule has 4 nitrogen and oxygen atoms in total. The fourth-order valence-electron chi connectivity index (χ4n) is 1.91. The van der Waals surface area contributed by atoms with Crippen molar-refractivity contribution in [2.45, 2.75) is 40.0 Å². The van der Waals surface area contributed by atoms with Gasteiger partial charge in [0.15, 0.2) is 6.29 Å². The predicted octanol–water partition coefficient (Wildman–Crippen LogP) is 2.44. The van der Waals surface area contributed by atoms with Gasteiger partial charge in [-0.25, -0.2) is 0 Å². The number of hydrogen-bond donors (Lipinski definition) is 1. The monoisotopic (exact) mass is 252 g/mol. The Morgan fingerprint density at radius 2 is 1.83 bits per heavy atom. The molecule has 0 aliphatic heterocycles. The van der Waals surface area contributed by atoms with Gasteiger partial charge in [0, 0.05) is 25.6 Å². The Hall–Kier alpha value is -0.970. The Bertz CT molecular complexity index is 338. The predicted molar refractivity (Wildman–Crippen MR) is 72.4 cm³/mol. The van der Waals surface area contributed by atoms with Gasteiger partial charge in [0.05, 0.1) is 6.04 Å². The molecule has 0 aliphatic rings. The number of aromatic nitrogens is 1. The van der Waals surface area contributed by atoms with Crippen LogP contribution >= 0.6 is 0 Å². The summed E-state index contributed by atoms with van der Waals surface area (Å²) in [6, 6.07) is 2.13. The molecule has 0 radical (unpaired) electrons. The van der Waals surface area contributed by atoms with Crippen LogP contribution < -0.4 is 5.32 Å². The van der Waals surface area contributed by atoms with E-state index >= 15 is 0 Å². The number of pyridine rings is 1. The van der Waals surface area contributed by atoms with Gasteiger partial charge >= 0.3 is 0 Å². The van der Waals surface area contributed by atoms with Crippen LogP contribution in [-0.4, -0.2) is 31.0 Å². The number of hydrogen-bond acceptors (Lipinski definition) is 4. The summed E-state index contributed by atoms with van der Waals surface area (Å²) >= 11 is 0. The topological polar surface area (TPSA) is 43.4 Å². The summed E-state index contributed by atoms with van der Waals surface area (Å²) < 4.78 is 11.4. The van der Waals surface area contributed by atoms with Crippen LogP contribution in [0.4, 0.5) is 0 Å². The van der Waals surface area contributed by atoms with E-state index in [-0.39, 0.29) is 12.3 Å². The Balaban J connectivity index is 2.91. The van der Waals surface area contributed by atoms with Crippen LogP contribution in [0.25, 0.3) is 0 Å². The second kappa shape index (κ2) is 8.19. The Kier molecular flexibility index (Phi) is 6.86. The van der Waals surface area contributed by atoms with Crippen LogP contribution in [0.5, 0.6) is 0 Å².